The summed E-state index contributed by atoms with van der Waals surface area (Å²) in [5, 5.41) is 13.0. The Morgan fingerprint density at radius 3 is 2.31 bits per heavy atom. The quantitative estimate of drug-likeness (QED) is 0.767. The molecule has 0 radical (unpaired) electrons. The third-order valence-corrected chi connectivity index (χ3v) is 3.70. The van der Waals surface area contributed by atoms with Gasteiger partial charge in [-0.2, -0.15) is 0 Å². The first-order valence-corrected chi connectivity index (χ1v) is 9.32. The molecule has 0 aliphatic carbocycles. The van der Waals surface area contributed by atoms with Crippen molar-refractivity contribution in [1.29, 1.82) is 0 Å². The van der Waals surface area contributed by atoms with E-state index in [2.05, 4.69) is 16.9 Å². The molecule has 1 rings (SSSR count). The van der Waals surface area contributed by atoms with E-state index in [-0.39, 0.29) is 5.92 Å². The number of imidazole rings is 1. The van der Waals surface area contributed by atoms with Crippen LogP contribution in [-0.4, -0.2) is 26.4 Å². The maximum Gasteiger partial charge on any atom is 0.411 e. The average Bonchev–Trinajstić information content (AvgIpc) is 2.79. The summed E-state index contributed by atoms with van der Waals surface area (Å²) in [7, 11) is 0. The van der Waals surface area contributed by atoms with Gasteiger partial charge in [-0.1, -0.05) is 34.3 Å². The molecule has 0 bridgehead atoms. The Morgan fingerprint density at radius 1 is 1.31 bits per heavy atom. The van der Waals surface area contributed by atoms with E-state index in [1.165, 1.54) is 0 Å². The summed E-state index contributed by atoms with van der Waals surface area (Å²) in [6.07, 6.45) is -0.591. The van der Waals surface area contributed by atoms with Gasteiger partial charge < -0.3 is 14.4 Å². The van der Waals surface area contributed by atoms with Crippen LogP contribution >= 0.6 is 0 Å². The van der Waals surface area contributed by atoms with E-state index in [1.54, 1.807) is 0 Å². The lowest BCUT2D eigenvalue weighted by atomic mass is 10.1. The highest BCUT2D eigenvalue weighted by molar-refractivity contribution is 5.69. The molecule has 150 valence electrons. The summed E-state index contributed by atoms with van der Waals surface area (Å²) < 4.78 is 7.20. The van der Waals surface area contributed by atoms with Crippen molar-refractivity contribution in [2.45, 2.75) is 87.0 Å². The molecule has 0 fully saturated rings. The van der Waals surface area contributed by atoms with E-state index in [0.29, 0.717) is 24.5 Å². The number of aliphatic hydroxyl groups is 1. The molecular formula is C20H37N3O3. The molecule has 1 unspecified atom stereocenters. The number of ether oxygens (including phenoxy) is 1. The molecule has 0 saturated heterocycles. The zero-order valence-corrected chi connectivity index (χ0v) is 17.9. The summed E-state index contributed by atoms with van der Waals surface area (Å²) in [5.74, 6) is 0.734. The zero-order chi connectivity index (χ0) is 20.7. The first-order chi connectivity index (χ1) is 11.9. The van der Waals surface area contributed by atoms with Crippen LogP contribution < -0.4 is 5.32 Å². The largest absolute Gasteiger partial charge is 0.444 e. The molecule has 0 spiro atoms. The van der Waals surface area contributed by atoms with Crippen LogP contribution in [0.2, 0.25) is 0 Å². The highest BCUT2D eigenvalue weighted by Crippen LogP contribution is 2.24. The minimum Gasteiger partial charge on any atom is -0.444 e. The van der Waals surface area contributed by atoms with E-state index in [1.807, 2.05) is 66.9 Å². The van der Waals surface area contributed by atoms with Crippen molar-refractivity contribution >= 4 is 6.09 Å². The number of aryl methyl sites for hydroxylation is 1. The smallest absolute Gasteiger partial charge is 0.411 e. The van der Waals surface area contributed by atoms with Crippen LogP contribution in [0.3, 0.4) is 0 Å². The third-order valence-electron chi connectivity index (χ3n) is 3.70. The van der Waals surface area contributed by atoms with Crippen molar-refractivity contribution in [3.05, 3.63) is 29.5 Å². The van der Waals surface area contributed by atoms with Gasteiger partial charge in [0.25, 0.3) is 0 Å². The number of nitrogens with one attached hydrogen (secondary N) is 1. The summed E-state index contributed by atoms with van der Waals surface area (Å²) in [5.41, 5.74) is 1.93. The predicted molar refractivity (Wildman–Crippen MR) is 106 cm³/mol. The predicted octanol–water partition coefficient (Wildman–Crippen LogP) is 4.64. The Hall–Kier alpha value is -1.82. The molecule has 6 nitrogen and oxygen atoms in total. The maximum absolute atomic E-state index is 11.8. The molecule has 1 aromatic rings. The van der Waals surface area contributed by atoms with E-state index >= 15 is 0 Å². The van der Waals surface area contributed by atoms with Gasteiger partial charge in [0.05, 0.1) is 5.69 Å². The molecule has 2 N–H and O–H groups in total. The van der Waals surface area contributed by atoms with Crippen LogP contribution in [0.4, 0.5) is 4.79 Å². The van der Waals surface area contributed by atoms with Gasteiger partial charge in [0.15, 0.2) is 0 Å². The topological polar surface area (TPSA) is 76.4 Å². The van der Waals surface area contributed by atoms with Crippen LogP contribution in [0, 0.1) is 19.8 Å². The van der Waals surface area contributed by atoms with Crippen LogP contribution in [0.1, 0.15) is 78.2 Å². The molecular weight excluding hydrogens is 330 g/mol. The first kappa shape index (κ1) is 24.2. The number of alkyl carbamates (subject to hydrolysis) is 1. The standard InChI is InChI=1S/C18H31N3O3.C2H6/c1-11(2)15(22)16-20-13(4)14(5)21(16)10-9-12(3)19-17(23)24-18(6,7)8;1-2/h11,15,22H,3,9-10H2,1-2,4-8H3,(H,19,23);1-2H3. The van der Waals surface area contributed by atoms with Gasteiger partial charge in [-0.25, -0.2) is 9.78 Å². The van der Waals surface area contributed by atoms with Crippen LogP contribution in [0.25, 0.3) is 0 Å². The average molecular weight is 368 g/mol. The Bertz CT molecular complexity index is 598. The SMILES string of the molecule is C=C(CCn1c(C(O)C(C)C)nc(C)c1C)NC(=O)OC(C)(C)C.CC. The lowest BCUT2D eigenvalue weighted by Crippen LogP contribution is -2.32. The monoisotopic (exact) mass is 367 g/mol. The fraction of sp³-hybridized carbons (Fsp3) is 0.700. The van der Waals surface area contributed by atoms with Crippen molar-refractivity contribution in [2.75, 3.05) is 0 Å². The first-order valence-electron chi connectivity index (χ1n) is 9.32. The molecule has 1 heterocycles. The molecule has 0 saturated carbocycles. The molecule has 0 aliphatic rings. The van der Waals surface area contributed by atoms with E-state index in [9.17, 15) is 9.90 Å². The Kier molecular flexibility index (Phi) is 9.63. The van der Waals surface area contributed by atoms with Crippen LogP contribution in [-0.2, 0) is 11.3 Å². The van der Waals surface area contributed by atoms with E-state index in [0.717, 1.165) is 11.4 Å². The molecule has 26 heavy (non-hydrogen) atoms. The minimum atomic E-state index is -0.621. The van der Waals surface area contributed by atoms with Crippen molar-refractivity contribution in [1.82, 2.24) is 14.9 Å². The summed E-state index contributed by atoms with van der Waals surface area (Å²) in [6, 6.07) is 0. The maximum atomic E-state index is 11.8. The van der Waals surface area contributed by atoms with Crippen molar-refractivity contribution < 1.29 is 14.6 Å². The lowest BCUT2D eigenvalue weighted by molar-refractivity contribution is 0.0544. The highest BCUT2D eigenvalue weighted by atomic mass is 16.6. The molecule has 6 heteroatoms. The Balaban J connectivity index is 0.00000301. The second-order valence-electron chi connectivity index (χ2n) is 7.46. The van der Waals surface area contributed by atoms with E-state index in [4.69, 9.17) is 4.74 Å². The summed E-state index contributed by atoms with van der Waals surface area (Å²) in [6.45, 7) is 21.7. The van der Waals surface area contributed by atoms with Gasteiger partial charge in [-0.15, -0.1) is 0 Å². The zero-order valence-electron chi connectivity index (χ0n) is 17.9. The second-order valence-corrected chi connectivity index (χ2v) is 7.46. The number of rotatable bonds is 6. The number of allylic oxidation sites excluding steroid dienone is 1. The number of hydrogen-bond donors (Lipinski definition) is 2. The number of amides is 1. The Labute approximate surface area is 158 Å². The number of aromatic nitrogens is 2. The molecule has 0 aromatic carbocycles. The number of carbonyl (C=O) groups is 1. The number of hydrogen-bond acceptors (Lipinski definition) is 4. The van der Waals surface area contributed by atoms with Gasteiger partial charge in [-0.3, -0.25) is 5.32 Å². The molecule has 1 amide bonds. The van der Waals surface area contributed by atoms with Gasteiger partial charge >= 0.3 is 6.09 Å². The van der Waals surface area contributed by atoms with Gasteiger partial charge in [0.1, 0.15) is 17.5 Å². The third kappa shape index (κ3) is 7.60. The number of nitrogens with zero attached hydrogens (tertiary/aromatic N) is 2. The van der Waals surface area contributed by atoms with Crippen molar-refractivity contribution in [2.24, 2.45) is 5.92 Å². The minimum absolute atomic E-state index is 0.0769. The highest BCUT2D eigenvalue weighted by Gasteiger charge is 2.21. The van der Waals surface area contributed by atoms with Crippen LogP contribution in [0.5, 0.6) is 0 Å². The Morgan fingerprint density at radius 2 is 1.85 bits per heavy atom. The number of carbonyl (C=O) groups excluding carboxylic acids is 1. The van der Waals surface area contributed by atoms with Crippen molar-refractivity contribution in [3.8, 4) is 0 Å². The fourth-order valence-corrected chi connectivity index (χ4v) is 2.24. The second kappa shape index (κ2) is 10.4. The van der Waals surface area contributed by atoms with Gasteiger partial charge in [0.2, 0.25) is 0 Å². The lowest BCUT2D eigenvalue weighted by Gasteiger charge is -2.21. The molecule has 1 atom stereocenters. The normalized spacial score (nSPS) is 12.3. The van der Waals surface area contributed by atoms with Gasteiger partial charge in [-0.05, 0) is 40.5 Å². The molecule has 1 aromatic heterocycles. The fourth-order valence-electron chi connectivity index (χ4n) is 2.24. The summed E-state index contributed by atoms with van der Waals surface area (Å²) >= 11 is 0. The van der Waals surface area contributed by atoms with Crippen molar-refractivity contribution in [3.63, 3.8) is 0 Å². The van der Waals surface area contributed by atoms with Crippen LogP contribution in [0.15, 0.2) is 12.3 Å². The number of aliphatic hydroxyl groups excluding tert-OH is 1. The molecule has 0 aliphatic heterocycles. The van der Waals surface area contributed by atoms with Gasteiger partial charge in [0, 0.05) is 24.4 Å². The van der Waals surface area contributed by atoms with E-state index < -0.39 is 17.8 Å². The summed E-state index contributed by atoms with van der Waals surface area (Å²) in [4.78, 5) is 16.3.